The van der Waals surface area contributed by atoms with Gasteiger partial charge in [-0.25, -0.2) is 4.98 Å². The topological polar surface area (TPSA) is 46.4 Å². The smallest absolute Gasteiger partial charge is 0.137 e. The molecule has 4 heterocycles. The second kappa shape index (κ2) is 13.2. The Morgan fingerprint density at radius 2 is 1.22 bits per heavy atom. The number of hydrogen-bond acceptors (Lipinski definition) is 5. The van der Waals surface area contributed by atoms with E-state index < -0.39 is 0 Å². The number of anilines is 4. The maximum atomic E-state index is 6.70. The molecule has 0 atom stereocenters. The van der Waals surface area contributed by atoms with Gasteiger partial charge in [0, 0.05) is 46.5 Å². The van der Waals surface area contributed by atoms with Gasteiger partial charge in [-0.1, -0.05) is 96.1 Å². The van der Waals surface area contributed by atoms with E-state index in [0.717, 1.165) is 67.7 Å². The quantitative estimate of drug-likeness (QED) is 0.171. The van der Waals surface area contributed by atoms with Crippen molar-refractivity contribution in [3.63, 3.8) is 0 Å². The first-order chi connectivity index (χ1) is 26.5. The van der Waals surface area contributed by atoms with Gasteiger partial charge < -0.3 is 14.5 Å². The van der Waals surface area contributed by atoms with E-state index in [1.54, 1.807) is 0 Å². The fourth-order valence-electron chi connectivity index (χ4n) is 7.72. The lowest BCUT2D eigenvalue weighted by molar-refractivity contribution is 0.483. The molecule has 0 aliphatic carbocycles. The molecule has 1 aliphatic rings. The molecular weight excluding hydrogens is 675 g/mol. The van der Waals surface area contributed by atoms with Crippen LogP contribution in [0.5, 0.6) is 11.5 Å². The van der Waals surface area contributed by atoms with Crippen LogP contribution >= 0.6 is 0 Å². The molecule has 55 heavy (non-hydrogen) atoms. The van der Waals surface area contributed by atoms with Crippen LogP contribution in [0.1, 0.15) is 52.7 Å². The average Bonchev–Trinajstić information content (AvgIpc) is 3.74. The van der Waals surface area contributed by atoms with Gasteiger partial charge in [0.05, 0.1) is 33.8 Å². The third-order valence-electron chi connectivity index (χ3n) is 10.7. The van der Waals surface area contributed by atoms with Gasteiger partial charge in [0.1, 0.15) is 24.0 Å². The van der Waals surface area contributed by atoms with Crippen LogP contribution in [0, 0.1) is 0 Å². The molecule has 3 aromatic heterocycles. The van der Waals surface area contributed by atoms with Crippen molar-refractivity contribution in [3.05, 3.63) is 163 Å². The number of hydrogen-bond donors (Lipinski definition) is 0. The highest BCUT2D eigenvalue weighted by atomic mass is 16.5. The molecule has 9 rings (SSSR count). The van der Waals surface area contributed by atoms with Crippen molar-refractivity contribution in [2.24, 2.45) is 0 Å². The van der Waals surface area contributed by atoms with Crippen LogP contribution in [-0.2, 0) is 10.8 Å². The number of rotatable bonds is 6. The fourth-order valence-corrected chi connectivity index (χ4v) is 7.72. The molecule has 0 N–H and O–H groups in total. The Balaban J connectivity index is 1.09. The molecule has 8 aromatic rings. The van der Waals surface area contributed by atoms with Crippen LogP contribution in [0.3, 0.4) is 0 Å². The van der Waals surface area contributed by atoms with Crippen molar-refractivity contribution in [1.82, 2.24) is 14.5 Å². The fraction of sp³-hybridized carbons (Fsp3) is 0.184. The Bertz CT molecular complexity index is 2700. The average molecular weight is 720 g/mol. The number of aromatic nitrogens is 3. The minimum atomic E-state index is -0.00759. The van der Waals surface area contributed by atoms with E-state index in [-0.39, 0.29) is 10.8 Å². The minimum Gasteiger partial charge on any atom is -0.457 e. The second-order valence-corrected chi connectivity index (χ2v) is 16.5. The van der Waals surface area contributed by atoms with Gasteiger partial charge in [0.15, 0.2) is 0 Å². The molecular formula is C49H45N5O. The predicted octanol–water partition coefficient (Wildman–Crippen LogP) is 12.9. The normalized spacial score (nSPS) is 13.1. The Hall–Kier alpha value is -6.40. The molecule has 6 nitrogen and oxygen atoms in total. The summed E-state index contributed by atoms with van der Waals surface area (Å²) in [4.78, 5) is 14.4. The zero-order chi connectivity index (χ0) is 37.9. The molecule has 1 aliphatic heterocycles. The van der Waals surface area contributed by atoms with E-state index in [9.17, 15) is 0 Å². The first-order valence-electron chi connectivity index (χ1n) is 19.0. The van der Waals surface area contributed by atoms with Gasteiger partial charge in [0.25, 0.3) is 0 Å². The summed E-state index contributed by atoms with van der Waals surface area (Å²) in [7, 11) is 0. The summed E-state index contributed by atoms with van der Waals surface area (Å²) in [5.41, 5.74) is 11.2. The number of fused-ring (bicyclic) bond motifs is 4. The summed E-state index contributed by atoms with van der Waals surface area (Å²) in [5.74, 6) is 2.43. The van der Waals surface area contributed by atoms with E-state index in [4.69, 9.17) is 14.7 Å². The molecule has 0 amide bonds. The zero-order valence-electron chi connectivity index (χ0n) is 32.3. The zero-order valence-corrected chi connectivity index (χ0v) is 32.3. The first kappa shape index (κ1) is 34.4. The van der Waals surface area contributed by atoms with Gasteiger partial charge >= 0.3 is 0 Å². The molecule has 5 aromatic carbocycles. The van der Waals surface area contributed by atoms with Crippen LogP contribution in [0.15, 0.2) is 152 Å². The molecule has 0 bridgehead atoms. The standard InChI is InChI=1S/C49H45N5O/c1-48(2,3)33-21-23-40(41-17-11-12-26-50-41)45(28-33)53-32-52(43-19-9-10-20-44(43)53)35-14-13-15-36(30-35)55-37-22-24-39-38-16-7-8-18-42(38)54(46(39)31-37)47-29-34(25-27-51-47)49(4,5)6/h7-31H,32H2,1-6H3. The van der Waals surface area contributed by atoms with Crippen molar-refractivity contribution >= 4 is 44.6 Å². The first-order valence-corrected chi connectivity index (χ1v) is 19.0. The molecule has 0 unspecified atom stereocenters. The van der Waals surface area contributed by atoms with Crippen molar-refractivity contribution in [2.45, 2.75) is 52.4 Å². The Morgan fingerprint density at radius 3 is 2.00 bits per heavy atom. The van der Waals surface area contributed by atoms with Crippen molar-refractivity contribution in [2.75, 3.05) is 16.5 Å². The van der Waals surface area contributed by atoms with Gasteiger partial charge in [-0.2, -0.15) is 0 Å². The van der Waals surface area contributed by atoms with E-state index in [0.29, 0.717) is 6.67 Å². The number of ether oxygens (including phenoxy) is 1. The molecule has 272 valence electrons. The highest BCUT2D eigenvalue weighted by Gasteiger charge is 2.31. The predicted molar refractivity (Wildman–Crippen MR) is 228 cm³/mol. The van der Waals surface area contributed by atoms with Crippen molar-refractivity contribution < 1.29 is 4.74 Å². The highest BCUT2D eigenvalue weighted by Crippen LogP contribution is 2.48. The second-order valence-electron chi connectivity index (χ2n) is 16.5. The third-order valence-corrected chi connectivity index (χ3v) is 10.7. The Labute approximate surface area is 323 Å². The summed E-state index contributed by atoms with van der Waals surface area (Å²) in [6.45, 7) is 14.1. The summed E-state index contributed by atoms with van der Waals surface area (Å²) in [5, 5.41) is 2.35. The lowest BCUT2D eigenvalue weighted by atomic mass is 9.85. The Kier molecular flexibility index (Phi) is 8.23. The summed E-state index contributed by atoms with van der Waals surface area (Å²) in [6, 6.07) is 49.2. The van der Waals surface area contributed by atoms with Gasteiger partial charge in [0.2, 0.25) is 0 Å². The minimum absolute atomic E-state index is 0.000475. The molecule has 0 fully saturated rings. The number of nitrogens with zero attached hydrogens (tertiary/aromatic N) is 5. The number of benzene rings is 5. The van der Waals surface area contributed by atoms with E-state index in [2.05, 4.69) is 183 Å². The summed E-state index contributed by atoms with van der Waals surface area (Å²) in [6.07, 6.45) is 3.78. The van der Waals surface area contributed by atoms with E-state index in [1.165, 1.54) is 16.5 Å². The maximum absolute atomic E-state index is 6.70. The lowest BCUT2D eigenvalue weighted by Gasteiger charge is -2.27. The maximum Gasteiger partial charge on any atom is 0.137 e. The SMILES string of the molecule is CC(C)(C)c1ccnc(-n2c3ccccc3c3ccc(Oc4cccc(N5CN(c6cc(C(C)(C)C)ccc6-c6ccccn6)c6ccccc65)c4)cc32)c1. The third kappa shape index (κ3) is 6.27. The Morgan fingerprint density at radius 1 is 0.509 bits per heavy atom. The van der Waals surface area contributed by atoms with Crippen LogP contribution in [0.4, 0.5) is 22.7 Å². The molecule has 0 spiro atoms. The van der Waals surface area contributed by atoms with E-state index in [1.807, 2.05) is 24.5 Å². The van der Waals surface area contributed by atoms with Crippen molar-refractivity contribution in [3.8, 4) is 28.6 Å². The summed E-state index contributed by atoms with van der Waals surface area (Å²) < 4.78 is 8.96. The lowest BCUT2D eigenvalue weighted by Crippen LogP contribution is -2.25. The van der Waals surface area contributed by atoms with Gasteiger partial charge in [-0.05, 0) is 94.8 Å². The van der Waals surface area contributed by atoms with Crippen LogP contribution < -0.4 is 14.5 Å². The van der Waals surface area contributed by atoms with Crippen molar-refractivity contribution in [1.29, 1.82) is 0 Å². The van der Waals surface area contributed by atoms with Crippen LogP contribution in [-0.4, -0.2) is 21.2 Å². The largest absolute Gasteiger partial charge is 0.457 e. The van der Waals surface area contributed by atoms with Crippen LogP contribution in [0.2, 0.25) is 0 Å². The van der Waals surface area contributed by atoms with Gasteiger partial charge in [-0.15, -0.1) is 0 Å². The monoisotopic (exact) mass is 719 g/mol. The number of pyridine rings is 2. The molecule has 6 heteroatoms. The van der Waals surface area contributed by atoms with Crippen LogP contribution in [0.25, 0.3) is 38.9 Å². The summed E-state index contributed by atoms with van der Waals surface area (Å²) >= 11 is 0. The molecule has 0 saturated carbocycles. The molecule has 0 saturated heterocycles. The van der Waals surface area contributed by atoms with Gasteiger partial charge in [-0.3, -0.25) is 9.55 Å². The van der Waals surface area contributed by atoms with E-state index >= 15 is 0 Å². The highest BCUT2D eigenvalue weighted by molar-refractivity contribution is 6.09. The molecule has 0 radical (unpaired) electrons. The number of para-hydroxylation sites is 3.